The van der Waals surface area contributed by atoms with Gasteiger partial charge in [-0.25, -0.2) is 19.7 Å². The van der Waals surface area contributed by atoms with Crippen LogP contribution in [0.1, 0.15) is 54.5 Å². The number of carbonyl (C=O) groups excluding carboxylic acids is 1. The van der Waals surface area contributed by atoms with Gasteiger partial charge in [0.15, 0.2) is 11.5 Å². The minimum atomic E-state index is -0.834. The fourth-order valence-electron chi connectivity index (χ4n) is 3.88. The van der Waals surface area contributed by atoms with Crippen molar-refractivity contribution in [2.24, 2.45) is 7.05 Å². The number of hydrogen-bond donors (Lipinski definition) is 1. The Morgan fingerprint density at radius 2 is 2.06 bits per heavy atom. The molecule has 4 heterocycles. The summed E-state index contributed by atoms with van der Waals surface area (Å²) < 4.78 is 8.51. The number of nitrogens with one attached hydrogen (secondary N) is 1. The Kier molecular flexibility index (Phi) is 5.24. The monoisotopic (exact) mass is 471 g/mol. The Hall–Kier alpha value is -4.33. The van der Waals surface area contributed by atoms with Crippen LogP contribution in [0.3, 0.4) is 0 Å². The van der Waals surface area contributed by atoms with E-state index in [2.05, 4.69) is 26.5 Å². The molecule has 4 aromatic rings. The van der Waals surface area contributed by atoms with E-state index >= 15 is 0 Å². The average Bonchev–Trinajstić information content (AvgIpc) is 3.54. The molecule has 1 saturated carbocycles. The van der Waals surface area contributed by atoms with Gasteiger partial charge in [-0.2, -0.15) is 10.4 Å². The van der Waals surface area contributed by atoms with Crippen molar-refractivity contribution in [3.05, 3.63) is 42.0 Å². The van der Waals surface area contributed by atoms with Gasteiger partial charge >= 0.3 is 5.97 Å². The van der Waals surface area contributed by atoms with E-state index in [0.29, 0.717) is 22.6 Å². The molecule has 0 atom stereocenters. The summed E-state index contributed by atoms with van der Waals surface area (Å²) in [4.78, 5) is 31.4. The largest absolute Gasteiger partial charge is 0.464 e. The Morgan fingerprint density at radius 1 is 1.29 bits per heavy atom. The molecular weight excluding hydrogens is 446 g/mol. The van der Waals surface area contributed by atoms with Crippen LogP contribution in [-0.4, -0.2) is 47.4 Å². The molecule has 0 aromatic carbocycles. The van der Waals surface area contributed by atoms with E-state index in [9.17, 15) is 10.1 Å². The van der Waals surface area contributed by atoms with E-state index in [-0.39, 0.29) is 17.4 Å². The number of methoxy groups -OCH3 is 1. The maximum Gasteiger partial charge on any atom is 0.360 e. The van der Waals surface area contributed by atoms with Crippen LogP contribution >= 0.6 is 0 Å². The van der Waals surface area contributed by atoms with Gasteiger partial charge in [0, 0.05) is 24.7 Å². The van der Waals surface area contributed by atoms with E-state index in [1.54, 1.807) is 43.4 Å². The topological polar surface area (TPSA) is 136 Å². The second-order valence-corrected chi connectivity index (χ2v) is 9.20. The molecule has 1 aliphatic rings. The number of nitriles is 1. The third-order valence-corrected chi connectivity index (χ3v) is 6.16. The highest BCUT2D eigenvalue weighted by atomic mass is 16.5. The van der Waals surface area contributed by atoms with Gasteiger partial charge in [-0.1, -0.05) is 0 Å². The molecule has 1 aliphatic carbocycles. The standard InChI is InChI=1S/C24H25N9O2/c1-13-16(10-33(31-13)24(2,3)11-25)28-22-21(23(34)35-5)29-20(18(30-22)14-6-7-14)15-8-26-9-17-19(15)27-12-32(17)4/h8-10,12,14H,6-7H2,1-5H3,(H,28,30). The molecule has 0 radical (unpaired) electrons. The van der Waals surface area contributed by atoms with Crippen molar-refractivity contribution in [2.45, 2.75) is 45.1 Å². The summed E-state index contributed by atoms with van der Waals surface area (Å²) in [5.41, 5.74) is 4.17. The van der Waals surface area contributed by atoms with Crippen LogP contribution in [0.4, 0.5) is 11.5 Å². The zero-order valence-corrected chi connectivity index (χ0v) is 20.2. The summed E-state index contributed by atoms with van der Waals surface area (Å²) in [6, 6.07) is 2.23. The van der Waals surface area contributed by atoms with Gasteiger partial charge in [0.2, 0.25) is 0 Å². The number of pyridine rings is 1. The highest BCUT2D eigenvalue weighted by Crippen LogP contribution is 2.44. The Labute approximate surface area is 201 Å². The zero-order valence-electron chi connectivity index (χ0n) is 20.2. The van der Waals surface area contributed by atoms with E-state index in [0.717, 1.165) is 29.6 Å². The fourth-order valence-corrected chi connectivity index (χ4v) is 3.88. The number of esters is 1. The number of fused-ring (bicyclic) bond motifs is 1. The van der Waals surface area contributed by atoms with Gasteiger partial charge in [-0.05, 0) is 33.6 Å². The summed E-state index contributed by atoms with van der Waals surface area (Å²) in [5, 5.41) is 17.2. The SMILES string of the molecule is COC(=O)c1nc(-c2cncc3c2ncn3C)c(C2CC2)nc1Nc1cn(C(C)(C)C#N)nc1C. The molecule has 178 valence electrons. The fraction of sp³-hybridized carbons (Fsp3) is 0.375. The van der Waals surface area contributed by atoms with Crippen molar-refractivity contribution in [1.29, 1.82) is 5.26 Å². The highest BCUT2D eigenvalue weighted by Gasteiger charge is 2.33. The quantitative estimate of drug-likeness (QED) is 0.418. The van der Waals surface area contributed by atoms with Crippen LogP contribution in [0.25, 0.3) is 22.3 Å². The maximum absolute atomic E-state index is 12.8. The predicted molar refractivity (Wildman–Crippen MR) is 128 cm³/mol. The molecule has 4 aromatic heterocycles. The third-order valence-electron chi connectivity index (χ3n) is 6.16. The first kappa shape index (κ1) is 22.5. The number of nitrogens with zero attached hydrogens (tertiary/aromatic N) is 8. The van der Waals surface area contributed by atoms with E-state index in [1.165, 1.54) is 7.11 Å². The van der Waals surface area contributed by atoms with Crippen LogP contribution in [0, 0.1) is 18.3 Å². The smallest absolute Gasteiger partial charge is 0.360 e. The van der Waals surface area contributed by atoms with Crippen molar-refractivity contribution in [3.8, 4) is 17.3 Å². The third kappa shape index (κ3) is 3.86. The van der Waals surface area contributed by atoms with E-state index < -0.39 is 11.5 Å². The summed E-state index contributed by atoms with van der Waals surface area (Å²) in [5.74, 6) is -0.113. The molecule has 11 heteroatoms. The Balaban J connectivity index is 1.67. The van der Waals surface area contributed by atoms with Gasteiger partial charge < -0.3 is 14.6 Å². The van der Waals surface area contributed by atoms with Crippen molar-refractivity contribution < 1.29 is 9.53 Å². The molecule has 0 amide bonds. The number of anilines is 2. The highest BCUT2D eigenvalue weighted by molar-refractivity contribution is 5.96. The van der Waals surface area contributed by atoms with Crippen LogP contribution in [0.5, 0.6) is 0 Å². The van der Waals surface area contributed by atoms with Crippen LogP contribution in [-0.2, 0) is 17.3 Å². The molecule has 0 bridgehead atoms. The van der Waals surface area contributed by atoms with Crippen LogP contribution in [0.2, 0.25) is 0 Å². The summed E-state index contributed by atoms with van der Waals surface area (Å²) in [6.45, 7) is 5.37. The van der Waals surface area contributed by atoms with Crippen LogP contribution in [0.15, 0.2) is 24.9 Å². The average molecular weight is 472 g/mol. The second-order valence-electron chi connectivity index (χ2n) is 9.20. The van der Waals surface area contributed by atoms with Gasteiger partial charge in [0.25, 0.3) is 0 Å². The van der Waals surface area contributed by atoms with Crippen molar-refractivity contribution in [1.82, 2.24) is 34.3 Å². The first-order valence-corrected chi connectivity index (χ1v) is 11.2. The molecule has 1 N–H and O–H groups in total. The van der Waals surface area contributed by atoms with Gasteiger partial charge in [-0.3, -0.25) is 9.67 Å². The lowest BCUT2D eigenvalue weighted by Gasteiger charge is -2.16. The normalized spacial score (nSPS) is 13.6. The zero-order chi connectivity index (χ0) is 24.9. The van der Waals surface area contributed by atoms with Gasteiger partial charge in [-0.15, -0.1) is 0 Å². The number of aryl methyl sites for hydroxylation is 2. The number of ether oxygens (including phenoxy) is 1. The molecule has 11 nitrogen and oxygen atoms in total. The first-order chi connectivity index (χ1) is 16.7. The van der Waals surface area contributed by atoms with Crippen molar-refractivity contribution in [3.63, 3.8) is 0 Å². The molecular formula is C24H25N9O2. The molecule has 0 saturated heterocycles. The number of hydrogen-bond acceptors (Lipinski definition) is 9. The lowest BCUT2D eigenvalue weighted by molar-refractivity contribution is 0.0595. The second kappa shape index (κ2) is 8.16. The van der Waals surface area contributed by atoms with Crippen molar-refractivity contribution in [2.75, 3.05) is 12.4 Å². The van der Waals surface area contributed by atoms with Gasteiger partial charge in [0.1, 0.15) is 11.1 Å². The molecule has 5 rings (SSSR count). The molecule has 0 spiro atoms. The molecule has 1 fully saturated rings. The van der Waals surface area contributed by atoms with Crippen LogP contribution < -0.4 is 5.32 Å². The Bertz CT molecular complexity index is 1510. The minimum absolute atomic E-state index is 0.0477. The number of carbonyl (C=O) groups is 1. The first-order valence-electron chi connectivity index (χ1n) is 11.2. The molecule has 0 aliphatic heterocycles. The van der Waals surface area contributed by atoms with Crippen molar-refractivity contribution >= 4 is 28.5 Å². The number of aromatic nitrogens is 7. The summed E-state index contributed by atoms with van der Waals surface area (Å²) >= 11 is 0. The summed E-state index contributed by atoms with van der Waals surface area (Å²) in [7, 11) is 3.21. The van der Waals surface area contributed by atoms with Gasteiger partial charge in [0.05, 0.1) is 60.2 Å². The number of imidazole rings is 1. The predicted octanol–water partition coefficient (Wildman–Crippen LogP) is 3.60. The lowest BCUT2D eigenvalue weighted by atomic mass is 10.1. The van der Waals surface area contributed by atoms with E-state index in [1.807, 2.05) is 18.5 Å². The van der Waals surface area contributed by atoms with E-state index in [4.69, 9.17) is 14.7 Å². The number of rotatable bonds is 6. The Morgan fingerprint density at radius 3 is 2.74 bits per heavy atom. The minimum Gasteiger partial charge on any atom is -0.464 e. The lowest BCUT2D eigenvalue weighted by Crippen LogP contribution is -2.24. The maximum atomic E-state index is 12.8. The molecule has 0 unspecified atom stereocenters. The molecule has 35 heavy (non-hydrogen) atoms. The summed E-state index contributed by atoms with van der Waals surface area (Å²) in [6.07, 6.45) is 8.87.